The molecule has 0 aliphatic carbocycles. The van der Waals surface area contributed by atoms with E-state index in [1.54, 1.807) is 0 Å². The zero-order chi connectivity index (χ0) is 15.4. The summed E-state index contributed by atoms with van der Waals surface area (Å²) in [6.07, 6.45) is 1.01. The molecule has 1 heterocycles. The molecule has 1 aromatic carbocycles. The van der Waals surface area contributed by atoms with E-state index in [9.17, 15) is 0 Å². The van der Waals surface area contributed by atoms with Crippen molar-refractivity contribution in [3.63, 3.8) is 0 Å². The van der Waals surface area contributed by atoms with Gasteiger partial charge in [-0.2, -0.15) is 4.98 Å². The predicted octanol–water partition coefficient (Wildman–Crippen LogP) is 4.64. The Kier molecular flexibility index (Phi) is 5.79. The average molecular weight is 373 g/mol. The molecule has 1 N–H and O–H groups in total. The summed E-state index contributed by atoms with van der Waals surface area (Å²) in [5.41, 5.74) is 0.880. The maximum atomic E-state index is 6.00. The molecular weight excluding hydrogens is 354 g/mol. The molecule has 0 saturated heterocycles. The minimum atomic E-state index is 0.173. The van der Waals surface area contributed by atoms with E-state index in [1.165, 1.54) is 0 Å². The van der Waals surface area contributed by atoms with E-state index in [4.69, 9.17) is 16.1 Å². The topological polar surface area (TPSA) is 51.0 Å². The first kappa shape index (κ1) is 16.5. The maximum Gasteiger partial charge on any atom is 0.231 e. The fourth-order valence-electron chi connectivity index (χ4n) is 2.28. The molecule has 0 fully saturated rings. The van der Waals surface area contributed by atoms with E-state index in [0.29, 0.717) is 22.8 Å². The molecule has 114 valence electrons. The molecule has 2 unspecified atom stereocenters. The van der Waals surface area contributed by atoms with E-state index in [1.807, 2.05) is 18.2 Å². The summed E-state index contributed by atoms with van der Waals surface area (Å²) in [6.45, 7) is 7.27. The van der Waals surface area contributed by atoms with E-state index in [-0.39, 0.29) is 5.92 Å². The number of nitrogens with one attached hydrogen (secondary N) is 1. The number of likely N-dealkylation sites (N-methyl/N-ethyl adjacent to an activating group) is 1. The van der Waals surface area contributed by atoms with Crippen molar-refractivity contribution in [1.29, 1.82) is 0 Å². The molecule has 1 aromatic heterocycles. The number of aromatic nitrogens is 2. The van der Waals surface area contributed by atoms with Crippen LogP contribution in [-0.2, 0) is 0 Å². The van der Waals surface area contributed by atoms with Gasteiger partial charge in [0.05, 0.1) is 10.9 Å². The number of hydrogen-bond acceptors (Lipinski definition) is 4. The molecule has 2 aromatic rings. The molecule has 0 spiro atoms. The first-order chi connectivity index (χ1) is 10.1. The Labute approximate surface area is 138 Å². The van der Waals surface area contributed by atoms with E-state index < -0.39 is 0 Å². The lowest BCUT2D eigenvalue weighted by molar-refractivity contribution is 0.321. The predicted molar refractivity (Wildman–Crippen MR) is 88.6 cm³/mol. The smallest absolute Gasteiger partial charge is 0.231 e. The molecule has 0 saturated carbocycles. The van der Waals surface area contributed by atoms with Crippen LogP contribution in [0.2, 0.25) is 5.02 Å². The van der Waals surface area contributed by atoms with E-state index in [0.717, 1.165) is 23.0 Å². The molecule has 4 nitrogen and oxygen atoms in total. The summed E-state index contributed by atoms with van der Waals surface area (Å²) in [5, 5.41) is 8.18. The Balaban J connectivity index is 2.22. The molecular formula is C15H19BrClN3O. The maximum absolute atomic E-state index is 6.00. The summed E-state index contributed by atoms with van der Waals surface area (Å²) in [4.78, 5) is 4.52. The van der Waals surface area contributed by atoms with Crippen LogP contribution in [0.4, 0.5) is 0 Å². The van der Waals surface area contributed by atoms with Gasteiger partial charge in [-0.05, 0) is 47.1 Å². The van der Waals surface area contributed by atoms with Crippen molar-refractivity contribution in [2.75, 3.05) is 6.54 Å². The van der Waals surface area contributed by atoms with Gasteiger partial charge in [0.2, 0.25) is 11.7 Å². The third kappa shape index (κ3) is 3.84. The molecule has 0 aliphatic rings. The van der Waals surface area contributed by atoms with Gasteiger partial charge >= 0.3 is 0 Å². The number of halogens is 2. The Morgan fingerprint density at radius 3 is 2.76 bits per heavy atom. The molecule has 0 amide bonds. The molecule has 2 atom stereocenters. The zero-order valence-electron chi connectivity index (χ0n) is 12.4. The lowest BCUT2D eigenvalue weighted by atomic mass is 9.99. The Hall–Kier alpha value is -0.910. The molecule has 21 heavy (non-hydrogen) atoms. The fourth-order valence-corrected chi connectivity index (χ4v) is 2.78. The van der Waals surface area contributed by atoms with Gasteiger partial charge in [-0.1, -0.05) is 37.5 Å². The molecule has 2 rings (SSSR count). The third-order valence-corrected chi connectivity index (χ3v) is 4.73. The number of rotatable bonds is 6. The van der Waals surface area contributed by atoms with Gasteiger partial charge < -0.3 is 9.84 Å². The lowest BCUT2D eigenvalue weighted by Crippen LogP contribution is -2.33. The summed E-state index contributed by atoms with van der Waals surface area (Å²) < 4.78 is 6.25. The van der Waals surface area contributed by atoms with Crippen molar-refractivity contribution in [2.24, 2.45) is 0 Å². The molecule has 6 heteroatoms. The lowest BCUT2D eigenvalue weighted by Gasteiger charge is -2.20. The minimum Gasteiger partial charge on any atom is -0.339 e. The number of hydrogen-bond donors (Lipinski definition) is 1. The van der Waals surface area contributed by atoms with Gasteiger partial charge in [-0.25, -0.2) is 0 Å². The molecule has 0 bridgehead atoms. The van der Waals surface area contributed by atoms with Crippen molar-refractivity contribution in [2.45, 2.75) is 39.2 Å². The van der Waals surface area contributed by atoms with Gasteiger partial charge in [0, 0.05) is 16.1 Å². The highest BCUT2D eigenvalue weighted by Crippen LogP contribution is 2.28. The van der Waals surface area contributed by atoms with Crippen LogP contribution in [0.25, 0.3) is 11.4 Å². The van der Waals surface area contributed by atoms with E-state index >= 15 is 0 Å². The standard InChI is InChI=1S/C15H19BrClN3O/c1-4-13(18-5-2)9(3)15-19-14(20-21-15)10-6-7-12(17)11(16)8-10/h6-9,13,18H,4-5H2,1-3H3. The number of benzene rings is 1. The van der Waals surface area contributed by atoms with Gasteiger partial charge in [0.25, 0.3) is 0 Å². The van der Waals surface area contributed by atoms with Crippen LogP contribution < -0.4 is 5.32 Å². The first-order valence-electron chi connectivity index (χ1n) is 7.09. The Morgan fingerprint density at radius 2 is 2.14 bits per heavy atom. The average Bonchev–Trinajstić information content (AvgIpc) is 2.96. The number of nitrogens with zero attached hydrogens (tertiary/aromatic N) is 2. The van der Waals surface area contributed by atoms with Crippen LogP contribution in [0.5, 0.6) is 0 Å². The molecule has 0 aliphatic heterocycles. The largest absolute Gasteiger partial charge is 0.339 e. The van der Waals surface area contributed by atoms with E-state index in [2.05, 4.69) is 52.2 Å². The molecule has 0 radical (unpaired) electrons. The van der Waals surface area contributed by atoms with Crippen LogP contribution in [0.3, 0.4) is 0 Å². The summed E-state index contributed by atoms with van der Waals surface area (Å²) in [6, 6.07) is 5.92. The highest BCUT2D eigenvalue weighted by Gasteiger charge is 2.22. The Morgan fingerprint density at radius 1 is 1.38 bits per heavy atom. The zero-order valence-corrected chi connectivity index (χ0v) is 14.7. The van der Waals surface area contributed by atoms with Crippen molar-refractivity contribution < 1.29 is 4.52 Å². The second-order valence-corrected chi connectivity index (χ2v) is 6.21. The quantitative estimate of drug-likeness (QED) is 0.802. The third-order valence-electron chi connectivity index (χ3n) is 3.52. The summed E-state index contributed by atoms with van der Waals surface area (Å²) in [5.74, 6) is 1.41. The fraction of sp³-hybridized carbons (Fsp3) is 0.467. The van der Waals surface area contributed by atoms with Crippen molar-refractivity contribution in [3.05, 3.63) is 33.6 Å². The summed E-state index contributed by atoms with van der Waals surface area (Å²) >= 11 is 9.41. The van der Waals surface area contributed by atoms with Gasteiger partial charge in [-0.15, -0.1) is 0 Å². The van der Waals surface area contributed by atoms with Gasteiger partial charge in [0.1, 0.15) is 0 Å². The normalized spacial score (nSPS) is 14.1. The highest BCUT2D eigenvalue weighted by atomic mass is 79.9. The van der Waals surface area contributed by atoms with Crippen molar-refractivity contribution >= 4 is 27.5 Å². The minimum absolute atomic E-state index is 0.173. The van der Waals surface area contributed by atoms with Crippen molar-refractivity contribution in [1.82, 2.24) is 15.5 Å². The second-order valence-electron chi connectivity index (χ2n) is 4.95. The van der Waals surface area contributed by atoms with Crippen LogP contribution >= 0.6 is 27.5 Å². The van der Waals surface area contributed by atoms with Crippen LogP contribution in [0.15, 0.2) is 27.2 Å². The highest BCUT2D eigenvalue weighted by molar-refractivity contribution is 9.10. The van der Waals surface area contributed by atoms with Crippen molar-refractivity contribution in [3.8, 4) is 11.4 Å². The second kappa shape index (κ2) is 7.38. The van der Waals surface area contributed by atoms with Crippen LogP contribution in [0, 0.1) is 0 Å². The van der Waals surface area contributed by atoms with Gasteiger partial charge in [-0.3, -0.25) is 0 Å². The summed E-state index contributed by atoms with van der Waals surface area (Å²) in [7, 11) is 0. The van der Waals surface area contributed by atoms with Gasteiger partial charge in [0.15, 0.2) is 0 Å². The monoisotopic (exact) mass is 371 g/mol. The van der Waals surface area contributed by atoms with Crippen LogP contribution in [-0.4, -0.2) is 22.7 Å². The first-order valence-corrected chi connectivity index (χ1v) is 8.26. The SMILES string of the molecule is CCNC(CC)C(C)c1nc(-c2ccc(Cl)c(Br)c2)no1. The van der Waals surface area contributed by atoms with Crippen LogP contribution in [0.1, 0.15) is 39.0 Å². The Bertz CT molecular complexity index is 602.